The highest BCUT2D eigenvalue weighted by Gasteiger charge is 2.10. The first-order chi connectivity index (χ1) is 8.09. The van der Waals surface area contributed by atoms with E-state index in [-0.39, 0.29) is 11.0 Å². The normalized spacial score (nSPS) is 10.4. The monoisotopic (exact) mass is 315 g/mol. The summed E-state index contributed by atoms with van der Waals surface area (Å²) >= 11 is 9.07. The second kappa shape index (κ2) is 4.98. The Morgan fingerprint density at radius 2 is 2.12 bits per heavy atom. The van der Waals surface area contributed by atoms with E-state index in [9.17, 15) is 4.39 Å². The third-order valence-corrected chi connectivity index (χ3v) is 3.48. The molecule has 0 fully saturated rings. The molecule has 0 aliphatic heterocycles. The van der Waals surface area contributed by atoms with Crippen LogP contribution in [0.4, 0.5) is 15.9 Å². The van der Waals surface area contributed by atoms with Gasteiger partial charge in [0.1, 0.15) is 23.1 Å². The molecular weight excluding hydrogens is 308 g/mol. The molecule has 2 rings (SSSR count). The number of aromatic nitrogens is 2. The van der Waals surface area contributed by atoms with Gasteiger partial charge in [-0.1, -0.05) is 23.7 Å². The molecule has 0 saturated carbocycles. The Morgan fingerprint density at radius 1 is 1.35 bits per heavy atom. The van der Waals surface area contributed by atoms with Crippen molar-refractivity contribution in [2.75, 3.05) is 5.32 Å². The van der Waals surface area contributed by atoms with Crippen LogP contribution in [0.15, 0.2) is 29.0 Å². The quantitative estimate of drug-likeness (QED) is 0.848. The number of aryl methyl sites for hydroxylation is 1. The van der Waals surface area contributed by atoms with Crippen LogP contribution in [0.3, 0.4) is 0 Å². The average Bonchev–Trinajstić information content (AvgIpc) is 2.29. The molecule has 0 aliphatic rings. The highest BCUT2D eigenvalue weighted by atomic mass is 79.9. The zero-order valence-electron chi connectivity index (χ0n) is 8.84. The van der Waals surface area contributed by atoms with Gasteiger partial charge in [-0.25, -0.2) is 14.4 Å². The van der Waals surface area contributed by atoms with Crippen molar-refractivity contribution in [3.63, 3.8) is 0 Å². The Labute approximate surface area is 111 Å². The lowest BCUT2D eigenvalue weighted by atomic mass is 10.2. The van der Waals surface area contributed by atoms with E-state index in [2.05, 4.69) is 31.2 Å². The van der Waals surface area contributed by atoms with Crippen LogP contribution >= 0.6 is 27.5 Å². The summed E-state index contributed by atoms with van der Waals surface area (Å²) in [5, 5.41) is 3.17. The third-order valence-electron chi connectivity index (χ3n) is 2.21. The summed E-state index contributed by atoms with van der Waals surface area (Å²) in [6.07, 6.45) is 1.31. The fourth-order valence-corrected chi connectivity index (χ4v) is 1.78. The molecule has 3 nitrogen and oxygen atoms in total. The van der Waals surface area contributed by atoms with Crippen molar-refractivity contribution >= 4 is 39.0 Å². The van der Waals surface area contributed by atoms with Gasteiger partial charge < -0.3 is 5.32 Å². The summed E-state index contributed by atoms with van der Waals surface area (Å²) < 4.78 is 14.1. The van der Waals surface area contributed by atoms with Gasteiger partial charge in [-0.05, 0) is 34.5 Å². The van der Waals surface area contributed by atoms with E-state index in [1.807, 2.05) is 13.0 Å². The standard InChI is InChI=1S/C11H8BrClFN3/c1-6-3-2-4-7(14)9(6)17-11-8(12)10(13)15-5-16-11/h2-5H,1H3,(H,15,16,17). The van der Waals surface area contributed by atoms with E-state index in [0.29, 0.717) is 16.0 Å². The van der Waals surface area contributed by atoms with E-state index in [1.165, 1.54) is 12.4 Å². The number of nitrogens with one attached hydrogen (secondary N) is 1. The molecule has 1 aromatic carbocycles. The smallest absolute Gasteiger partial charge is 0.149 e. The Bertz CT molecular complexity index is 542. The van der Waals surface area contributed by atoms with Gasteiger partial charge in [-0.15, -0.1) is 0 Å². The first-order valence-electron chi connectivity index (χ1n) is 4.77. The van der Waals surface area contributed by atoms with Gasteiger partial charge >= 0.3 is 0 Å². The summed E-state index contributed by atoms with van der Waals surface area (Å²) in [5.41, 5.74) is 1.16. The highest BCUT2D eigenvalue weighted by molar-refractivity contribution is 9.10. The Morgan fingerprint density at radius 3 is 2.82 bits per heavy atom. The maximum absolute atomic E-state index is 13.6. The minimum absolute atomic E-state index is 0.275. The lowest BCUT2D eigenvalue weighted by Crippen LogP contribution is -2.00. The van der Waals surface area contributed by atoms with Crippen LogP contribution in [-0.4, -0.2) is 9.97 Å². The lowest BCUT2D eigenvalue weighted by molar-refractivity contribution is 0.630. The van der Waals surface area contributed by atoms with Crippen molar-refractivity contribution in [1.29, 1.82) is 0 Å². The zero-order valence-corrected chi connectivity index (χ0v) is 11.2. The zero-order chi connectivity index (χ0) is 12.4. The van der Waals surface area contributed by atoms with E-state index < -0.39 is 0 Å². The molecule has 0 saturated heterocycles. The Balaban J connectivity index is 2.42. The van der Waals surface area contributed by atoms with Crippen molar-refractivity contribution in [2.45, 2.75) is 6.92 Å². The largest absolute Gasteiger partial charge is 0.337 e. The van der Waals surface area contributed by atoms with Gasteiger partial charge in [-0.2, -0.15) is 0 Å². The van der Waals surface area contributed by atoms with Crippen LogP contribution < -0.4 is 5.32 Å². The maximum atomic E-state index is 13.6. The maximum Gasteiger partial charge on any atom is 0.149 e. The fourth-order valence-electron chi connectivity index (χ4n) is 1.34. The topological polar surface area (TPSA) is 37.8 Å². The minimum atomic E-state index is -0.341. The Kier molecular flexibility index (Phi) is 3.59. The molecule has 0 atom stereocenters. The molecule has 88 valence electrons. The van der Waals surface area contributed by atoms with Crippen LogP contribution in [0.5, 0.6) is 0 Å². The van der Waals surface area contributed by atoms with Gasteiger partial charge in [-0.3, -0.25) is 0 Å². The van der Waals surface area contributed by atoms with Crippen molar-refractivity contribution in [3.05, 3.63) is 45.5 Å². The van der Waals surface area contributed by atoms with E-state index in [0.717, 1.165) is 5.56 Å². The summed E-state index contributed by atoms with van der Waals surface area (Å²) in [5.74, 6) is 0.0878. The summed E-state index contributed by atoms with van der Waals surface area (Å²) in [6.45, 7) is 1.81. The first kappa shape index (κ1) is 12.3. The van der Waals surface area contributed by atoms with Gasteiger partial charge in [0.25, 0.3) is 0 Å². The number of benzene rings is 1. The molecule has 2 aromatic rings. The average molecular weight is 317 g/mol. The molecule has 17 heavy (non-hydrogen) atoms. The summed E-state index contributed by atoms with van der Waals surface area (Å²) in [6, 6.07) is 4.84. The van der Waals surface area contributed by atoms with E-state index >= 15 is 0 Å². The second-order valence-corrected chi connectivity index (χ2v) is 4.53. The number of hydrogen-bond acceptors (Lipinski definition) is 3. The minimum Gasteiger partial charge on any atom is -0.337 e. The Hall–Kier alpha value is -1.20. The lowest BCUT2D eigenvalue weighted by Gasteiger charge is -2.11. The number of hydrogen-bond donors (Lipinski definition) is 1. The number of halogens is 3. The van der Waals surface area contributed by atoms with Gasteiger partial charge in [0.15, 0.2) is 0 Å². The predicted octanol–water partition coefficient (Wildman–Crippen LogP) is 4.08. The number of nitrogens with zero attached hydrogens (tertiary/aromatic N) is 2. The first-order valence-corrected chi connectivity index (χ1v) is 5.95. The predicted molar refractivity (Wildman–Crippen MR) is 69.2 cm³/mol. The number of rotatable bonds is 2. The van der Waals surface area contributed by atoms with Crippen LogP contribution in [-0.2, 0) is 0 Å². The molecule has 1 N–H and O–H groups in total. The summed E-state index contributed by atoms with van der Waals surface area (Å²) in [4.78, 5) is 7.80. The molecule has 0 unspecified atom stereocenters. The van der Waals surface area contributed by atoms with Crippen molar-refractivity contribution < 1.29 is 4.39 Å². The van der Waals surface area contributed by atoms with E-state index in [4.69, 9.17) is 11.6 Å². The van der Waals surface area contributed by atoms with Crippen molar-refractivity contribution in [1.82, 2.24) is 9.97 Å². The number of para-hydroxylation sites is 1. The number of anilines is 2. The molecule has 0 spiro atoms. The molecule has 1 aromatic heterocycles. The molecule has 0 bridgehead atoms. The van der Waals surface area contributed by atoms with Crippen molar-refractivity contribution in [2.24, 2.45) is 0 Å². The van der Waals surface area contributed by atoms with Crippen LogP contribution in [0.2, 0.25) is 5.15 Å². The highest BCUT2D eigenvalue weighted by Crippen LogP contribution is 2.30. The molecular formula is C11H8BrClFN3. The molecule has 0 aliphatic carbocycles. The van der Waals surface area contributed by atoms with Crippen LogP contribution in [0.1, 0.15) is 5.56 Å². The molecule has 1 heterocycles. The van der Waals surface area contributed by atoms with Crippen LogP contribution in [0, 0.1) is 12.7 Å². The second-order valence-electron chi connectivity index (χ2n) is 3.38. The summed E-state index contributed by atoms with van der Waals surface area (Å²) in [7, 11) is 0. The van der Waals surface area contributed by atoms with Gasteiger partial charge in [0, 0.05) is 0 Å². The van der Waals surface area contributed by atoms with Crippen LogP contribution in [0.25, 0.3) is 0 Å². The van der Waals surface area contributed by atoms with Crippen molar-refractivity contribution in [3.8, 4) is 0 Å². The molecule has 0 radical (unpaired) electrons. The third kappa shape index (κ3) is 2.56. The molecule has 0 amide bonds. The van der Waals surface area contributed by atoms with Gasteiger partial charge in [0.05, 0.1) is 10.2 Å². The fraction of sp³-hybridized carbons (Fsp3) is 0.0909. The van der Waals surface area contributed by atoms with E-state index in [1.54, 1.807) is 6.07 Å². The SMILES string of the molecule is Cc1cccc(F)c1Nc1ncnc(Cl)c1Br. The molecule has 6 heteroatoms. The van der Waals surface area contributed by atoms with Gasteiger partial charge in [0.2, 0.25) is 0 Å².